The molecule has 4 nitrogen and oxygen atoms in total. The molecule has 0 aliphatic rings. The topological polar surface area (TPSA) is 46.1 Å². The van der Waals surface area contributed by atoms with Crippen LogP contribution in [0.5, 0.6) is 0 Å². The van der Waals surface area contributed by atoms with Crippen LogP contribution >= 0.6 is 11.8 Å². The highest BCUT2D eigenvalue weighted by Crippen LogP contribution is 2.29. The van der Waals surface area contributed by atoms with Gasteiger partial charge in [-0.25, -0.2) is 9.97 Å². The van der Waals surface area contributed by atoms with Crippen LogP contribution in [0.25, 0.3) is 0 Å². The fraction of sp³-hybridized carbons (Fsp3) is 0.312. The molecule has 128 valence electrons. The highest BCUT2D eigenvalue weighted by atomic mass is 32.2. The van der Waals surface area contributed by atoms with E-state index in [1.54, 1.807) is 17.0 Å². The first kappa shape index (κ1) is 18.3. The van der Waals surface area contributed by atoms with Gasteiger partial charge in [-0.2, -0.15) is 13.2 Å². The molecule has 0 fully saturated rings. The number of carbonyl (C=O) groups excluding carboxylic acids is 1. The van der Waals surface area contributed by atoms with Crippen LogP contribution in [0.4, 0.5) is 18.9 Å². The molecular formula is C16H16F3N3OS. The molecule has 0 aliphatic carbocycles. The molecule has 0 saturated carbocycles. The molecule has 1 aromatic heterocycles. The summed E-state index contributed by atoms with van der Waals surface area (Å²) >= 11 is 0.898. The van der Waals surface area contributed by atoms with Crippen LogP contribution in [0.15, 0.2) is 41.6 Å². The lowest BCUT2D eigenvalue weighted by Crippen LogP contribution is -2.32. The third-order valence-electron chi connectivity index (χ3n) is 3.13. The Hall–Kier alpha value is -2.09. The number of nitrogens with zero attached hydrogens (tertiary/aromatic N) is 3. The lowest BCUT2D eigenvalue weighted by molar-refractivity contribution is -0.141. The first-order valence-electron chi connectivity index (χ1n) is 7.22. The number of benzene rings is 1. The number of hydrogen-bond acceptors (Lipinski definition) is 4. The van der Waals surface area contributed by atoms with E-state index in [0.29, 0.717) is 6.54 Å². The summed E-state index contributed by atoms with van der Waals surface area (Å²) < 4.78 is 38.3. The van der Waals surface area contributed by atoms with Crippen molar-refractivity contribution in [2.45, 2.75) is 25.2 Å². The van der Waals surface area contributed by atoms with Crippen LogP contribution in [-0.2, 0) is 11.0 Å². The summed E-state index contributed by atoms with van der Waals surface area (Å²) in [5.74, 6) is -0.254. The molecule has 1 heterocycles. The average molecular weight is 355 g/mol. The molecule has 0 bridgehead atoms. The van der Waals surface area contributed by atoms with E-state index in [9.17, 15) is 18.0 Å². The Bertz CT molecular complexity index is 707. The molecule has 0 saturated heterocycles. The molecule has 1 amide bonds. The fourth-order valence-corrected chi connectivity index (χ4v) is 2.85. The second-order valence-corrected chi connectivity index (χ2v) is 5.88. The summed E-state index contributed by atoms with van der Waals surface area (Å²) in [6, 6.07) is 9.97. The van der Waals surface area contributed by atoms with Gasteiger partial charge in [0.1, 0.15) is 5.69 Å². The quantitative estimate of drug-likeness (QED) is 0.602. The molecular weight excluding hydrogens is 339 g/mol. The molecule has 8 heteroatoms. The van der Waals surface area contributed by atoms with E-state index in [4.69, 9.17) is 0 Å². The van der Waals surface area contributed by atoms with Gasteiger partial charge >= 0.3 is 6.18 Å². The van der Waals surface area contributed by atoms with Gasteiger partial charge in [0.25, 0.3) is 0 Å². The largest absolute Gasteiger partial charge is 0.433 e. The molecule has 0 atom stereocenters. The average Bonchev–Trinajstić information content (AvgIpc) is 2.53. The molecule has 0 unspecified atom stereocenters. The number of amides is 1. The number of thioether (sulfide) groups is 1. The van der Waals surface area contributed by atoms with Crippen molar-refractivity contribution in [3.05, 3.63) is 47.8 Å². The Morgan fingerprint density at radius 2 is 1.88 bits per heavy atom. The Morgan fingerprint density at radius 3 is 2.46 bits per heavy atom. The first-order chi connectivity index (χ1) is 11.3. The minimum atomic E-state index is -4.54. The molecule has 0 N–H and O–H groups in total. The molecule has 0 spiro atoms. The molecule has 2 rings (SSSR count). The smallest absolute Gasteiger partial charge is 0.312 e. The third kappa shape index (κ3) is 4.70. The van der Waals surface area contributed by atoms with Gasteiger partial charge < -0.3 is 4.90 Å². The molecule has 0 radical (unpaired) electrons. The zero-order chi connectivity index (χ0) is 17.7. The number of rotatable bonds is 5. The van der Waals surface area contributed by atoms with Crippen LogP contribution in [-0.4, -0.2) is 28.2 Å². The fourth-order valence-electron chi connectivity index (χ4n) is 2.07. The van der Waals surface area contributed by atoms with Crippen molar-refractivity contribution in [1.29, 1.82) is 0 Å². The summed E-state index contributed by atoms with van der Waals surface area (Å²) in [6.45, 7) is 3.76. The third-order valence-corrected chi connectivity index (χ3v) is 3.97. The second kappa shape index (κ2) is 7.65. The number of anilines is 1. The van der Waals surface area contributed by atoms with Gasteiger partial charge in [0.05, 0.1) is 5.75 Å². The first-order valence-corrected chi connectivity index (χ1v) is 8.21. The van der Waals surface area contributed by atoms with Gasteiger partial charge in [-0.3, -0.25) is 4.79 Å². The SMILES string of the molecule is CCN(C(=O)CSc1nc(C)cc(C(F)(F)F)n1)c1ccccc1. The maximum atomic E-state index is 12.8. The number of alkyl halides is 3. The van der Waals surface area contributed by atoms with Crippen molar-refractivity contribution in [1.82, 2.24) is 9.97 Å². The number of aryl methyl sites for hydroxylation is 1. The Morgan fingerprint density at radius 1 is 1.21 bits per heavy atom. The van der Waals surface area contributed by atoms with Crippen LogP contribution in [0.3, 0.4) is 0 Å². The van der Waals surface area contributed by atoms with Crippen LogP contribution in [0, 0.1) is 6.92 Å². The summed E-state index contributed by atoms with van der Waals surface area (Å²) in [5.41, 5.74) is -0.0465. The molecule has 24 heavy (non-hydrogen) atoms. The Kier molecular flexibility index (Phi) is 5.82. The van der Waals surface area contributed by atoms with Crippen molar-refractivity contribution in [2.75, 3.05) is 17.2 Å². The maximum Gasteiger partial charge on any atom is 0.433 e. The van der Waals surface area contributed by atoms with Crippen molar-refractivity contribution in [3.63, 3.8) is 0 Å². The normalized spacial score (nSPS) is 11.4. The van der Waals surface area contributed by atoms with Crippen LogP contribution in [0.1, 0.15) is 18.3 Å². The van der Waals surface area contributed by atoms with Crippen LogP contribution < -0.4 is 4.90 Å². The highest BCUT2D eigenvalue weighted by Gasteiger charge is 2.33. The van der Waals surface area contributed by atoms with Gasteiger partial charge in [0.2, 0.25) is 5.91 Å². The summed E-state index contributed by atoms with van der Waals surface area (Å²) in [4.78, 5) is 21.4. The highest BCUT2D eigenvalue weighted by molar-refractivity contribution is 7.99. The summed E-state index contributed by atoms with van der Waals surface area (Å²) in [5, 5.41) is -0.0558. The van der Waals surface area contributed by atoms with E-state index in [-0.39, 0.29) is 22.5 Å². The second-order valence-electron chi connectivity index (χ2n) is 4.94. The van der Waals surface area contributed by atoms with E-state index in [0.717, 1.165) is 23.5 Å². The van der Waals surface area contributed by atoms with E-state index < -0.39 is 11.9 Å². The predicted molar refractivity (Wildman–Crippen MR) is 87.0 cm³/mol. The van der Waals surface area contributed by atoms with Gasteiger partial charge in [-0.1, -0.05) is 30.0 Å². The number of carbonyl (C=O) groups is 1. The van der Waals surface area contributed by atoms with Crippen molar-refractivity contribution >= 4 is 23.4 Å². The standard InChI is InChI=1S/C16H16F3N3OS/c1-3-22(12-7-5-4-6-8-12)14(23)10-24-15-20-11(2)9-13(21-15)16(17,18)19/h4-9H,3,10H2,1-2H3. The van der Waals surface area contributed by atoms with Gasteiger partial charge in [-0.15, -0.1) is 0 Å². The number of hydrogen-bond donors (Lipinski definition) is 0. The van der Waals surface area contributed by atoms with Crippen LogP contribution in [0.2, 0.25) is 0 Å². The lowest BCUT2D eigenvalue weighted by Gasteiger charge is -2.20. The lowest BCUT2D eigenvalue weighted by atomic mass is 10.3. The van der Waals surface area contributed by atoms with Gasteiger partial charge in [0.15, 0.2) is 5.16 Å². The zero-order valence-corrected chi connectivity index (χ0v) is 14.0. The minimum absolute atomic E-state index is 0.0382. The van der Waals surface area contributed by atoms with E-state index in [1.165, 1.54) is 6.92 Å². The van der Waals surface area contributed by atoms with E-state index in [2.05, 4.69) is 9.97 Å². The Balaban J connectivity index is 2.10. The monoisotopic (exact) mass is 355 g/mol. The number of para-hydroxylation sites is 1. The minimum Gasteiger partial charge on any atom is -0.312 e. The predicted octanol–water partition coefficient (Wildman–Crippen LogP) is 3.95. The zero-order valence-electron chi connectivity index (χ0n) is 13.2. The van der Waals surface area contributed by atoms with Crippen molar-refractivity contribution < 1.29 is 18.0 Å². The molecule has 0 aliphatic heterocycles. The summed E-state index contributed by atoms with van der Waals surface area (Å²) in [7, 11) is 0. The summed E-state index contributed by atoms with van der Waals surface area (Å²) in [6.07, 6.45) is -4.54. The van der Waals surface area contributed by atoms with E-state index >= 15 is 0 Å². The Labute approximate surface area is 142 Å². The number of halogens is 3. The maximum absolute atomic E-state index is 12.8. The van der Waals surface area contributed by atoms with Crippen molar-refractivity contribution in [3.8, 4) is 0 Å². The molecule has 2 aromatic rings. The van der Waals surface area contributed by atoms with Gasteiger partial charge in [0, 0.05) is 17.9 Å². The van der Waals surface area contributed by atoms with E-state index in [1.807, 2.05) is 25.1 Å². The van der Waals surface area contributed by atoms with Gasteiger partial charge in [-0.05, 0) is 32.0 Å². The number of aromatic nitrogens is 2. The molecule has 1 aromatic carbocycles. The van der Waals surface area contributed by atoms with Crippen molar-refractivity contribution in [2.24, 2.45) is 0 Å².